The second kappa shape index (κ2) is 8.39. The van der Waals surface area contributed by atoms with Crippen molar-refractivity contribution < 1.29 is 9.59 Å². The Labute approximate surface area is 168 Å². The summed E-state index contributed by atoms with van der Waals surface area (Å²) in [5.41, 5.74) is 7.62. The normalized spacial score (nSPS) is 13.6. The first-order chi connectivity index (χ1) is 14.2. The van der Waals surface area contributed by atoms with E-state index >= 15 is 0 Å². The van der Waals surface area contributed by atoms with Crippen LogP contribution >= 0.6 is 0 Å². The van der Waals surface area contributed by atoms with Crippen LogP contribution in [0.4, 0.5) is 16.2 Å². The molecule has 29 heavy (non-hydrogen) atoms. The number of amides is 3. The van der Waals surface area contributed by atoms with Gasteiger partial charge in [0.05, 0.1) is 5.71 Å². The lowest BCUT2D eigenvalue weighted by Gasteiger charge is -2.08. The average molecular weight is 384 g/mol. The zero-order valence-corrected chi connectivity index (χ0v) is 15.7. The van der Waals surface area contributed by atoms with E-state index in [9.17, 15) is 9.59 Å². The Balaban J connectivity index is 1.35. The van der Waals surface area contributed by atoms with Crippen molar-refractivity contribution in [3.05, 3.63) is 95.6 Å². The smallest absolute Gasteiger partial charge is 0.308 e. The summed E-state index contributed by atoms with van der Waals surface area (Å²) in [6.45, 7) is 0. The summed E-state index contributed by atoms with van der Waals surface area (Å²) in [5.74, 6) is -0.290. The molecule has 0 aliphatic heterocycles. The number of aryl methyl sites for hydroxylation is 1. The fraction of sp³-hybridized carbons (Fsp3) is 0.0870. The van der Waals surface area contributed by atoms with Gasteiger partial charge in [0, 0.05) is 22.5 Å². The Morgan fingerprint density at radius 2 is 1.38 bits per heavy atom. The molecule has 0 unspecified atom stereocenters. The van der Waals surface area contributed by atoms with E-state index < -0.39 is 0 Å². The van der Waals surface area contributed by atoms with Crippen LogP contribution in [0.15, 0.2) is 84.0 Å². The number of nitrogens with zero attached hydrogens (tertiary/aromatic N) is 1. The van der Waals surface area contributed by atoms with E-state index in [1.54, 1.807) is 36.4 Å². The summed E-state index contributed by atoms with van der Waals surface area (Å²) < 4.78 is 0. The molecule has 1 aliphatic carbocycles. The average Bonchev–Trinajstić information content (AvgIpc) is 3.16. The Kier molecular flexibility index (Phi) is 5.33. The number of benzene rings is 3. The Hall–Kier alpha value is -3.93. The van der Waals surface area contributed by atoms with E-state index in [0.29, 0.717) is 16.9 Å². The largest absolute Gasteiger partial charge is 0.323 e. The monoisotopic (exact) mass is 384 g/mol. The second-order valence-corrected chi connectivity index (χ2v) is 6.68. The van der Waals surface area contributed by atoms with Crippen molar-refractivity contribution in [2.75, 3.05) is 10.6 Å². The summed E-state index contributed by atoms with van der Waals surface area (Å²) in [7, 11) is 0. The molecule has 3 aromatic carbocycles. The highest BCUT2D eigenvalue weighted by Crippen LogP contribution is 2.21. The van der Waals surface area contributed by atoms with Crippen LogP contribution in [0.3, 0.4) is 0 Å². The molecule has 0 bridgehead atoms. The van der Waals surface area contributed by atoms with Crippen LogP contribution in [0.5, 0.6) is 0 Å². The van der Waals surface area contributed by atoms with Crippen molar-refractivity contribution in [1.82, 2.24) is 5.43 Å². The van der Waals surface area contributed by atoms with Crippen LogP contribution in [0.25, 0.3) is 0 Å². The van der Waals surface area contributed by atoms with Gasteiger partial charge >= 0.3 is 6.03 Å². The number of urea groups is 1. The van der Waals surface area contributed by atoms with Crippen LogP contribution < -0.4 is 16.1 Å². The number of fused-ring (bicyclic) bond motifs is 1. The lowest BCUT2D eigenvalue weighted by Crippen LogP contribution is -2.20. The van der Waals surface area contributed by atoms with E-state index in [4.69, 9.17) is 0 Å². The molecular weight excluding hydrogens is 364 g/mol. The first-order valence-electron chi connectivity index (χ1n) is 9.37. The molecular formula is C23H20N4O2. The van der Waals surface area contributed by atoms with Crippen LogP contribution in [-0.4, -0.2) is 17.6 Å². The molecule has 6 heteroatoms. The van der Waals surface area contributed by atoms with Gasteiger partial charge in [-0.05, 0) is 54.8 Å². The van der Waals surface area contributed by atoms with Crippen LogP contribution in [0, 0.1) is 0 Å². The molecule has 4 rings (SSSR count). The van der Waals surface area contributed by atoms with Crippen LogP contribution in [-0.2, 0) is 6.42 Å². The third-order valence-electron chi connectivity index (χ3n) is 4.69. The van der Waals surface area contributed by atoms with Gasteiger partial charge in [-0.15, -0.1) is 0 Å². The number of carbonyl (C=O) groups excluding carboxylic acids is 2. The zero-order valence-electron chi connectivity index (χ0n) is 15.7. The molecule has 0 aromatic heterocycles. The number of hydrazone groups is 1. The van der Waals surface area contributed by atoms with Crippen LogP contribution in [0.1, 0.15) is 27.9 Å². The molecule has 0 fully saturated rings. The zero-order chi connectivity index (χ0) is 20.1. The summed E-state index contributed by atoms with van der Waals surface area (Å²) >= 11 is 0. The van der Waals surface area contributed by atoms with Gasteiger partial charge in [0.15, 0.2) is 0 Å². The van der Waals surface area contributed by atoms with E-state index in [1.165, 1.54) is 5.56 Å². The lowest BCUT2D eigenvalue weighted by atomic mass is 10.1. The van der Waals surface area contributed by atoms with E-state index in [0.717, 1.165) is 24.1 Å². The predicted octanol–water partition coefficient (Wildman–Crippen LogP) is 4.41. The molecule has 0 spiro atoms. The topological polar surface area (TPSA) is 82.6 Å². The molecule has 3 N–H and O–H groups in total. The Morgan fingerprint density at radius 3 is 2.14 bits per heavy atom. The first-order valence-corrected chi connectivity index (χ1v) is 9.37. The maximum Gasteiger partial charge on any atom is 0.323 e. The highest BCUT2D eigenvalue weighted by molar-refractivity contribution is 6.05. The van der Waals surface area contributed by atoms with Crippen molar-refractivity contribution in [3.8, 4) is 0 Å². The fourth-order valence-corrected chi connectivity index (χ4v) is 3.23. The molecule has 1 aliphatic rings. The molecule has 3 aromatic rings. The maximum atomic E-state index is 12.4. The minimum atomic E-state index is -0.347. The van der Waals surface area contributed by atoms with Crippen molar-refractivity contribution >= 4 is 29.0 Å². The van der Waals surface area contributed by atoms with Crippen molar-refractivity contribution in [2.24, 2.45) is 5.10 Å². The SMILES string of the molecule is O=C(Nc1ccccc1)Nc1ccc(C(=O)N/N=C2\CCc3ccccc32)cc1. The van der Waals surface area contributed by atoms with Gasteiger partial charge in [0.1, 0.15) is 0 Å². The van der Waals surface area contributed by atoms with Crippen LogP contribution in [0.2, 0.25) is 0 Å². The van der Waals surface area contributed by atoms with Crippen molar-refractivity contribution in [1.29, 1.82) is 0 Å². The third-order valence-corrected chi connectivity index (χ3v) is 4.69. The maximum absolute atomic E-state index is 12.4. The molecule has 0 heterocycles. The second-order valence-electron chi connectivity index (χ2n) is 6.68. The lowest BCUT2D eigenvalue weighted by molar-refractivity contribution is 0.0955. The van der Waals surface area contributed by atoms with Gasteiger partial charge in [-0.25, -0.2) is 10.2 Å². The van der Waals surface area contributed by atoms with E-state index in [-0.39, 0.29) is 11.9 Å². The Bertz CT molecular complexity index is 1060. The van der Waals surface area contributed by atoms with Gasteiger partial charge in [-0.3, -0.25) is 4.79 Å². The molecule has 0 saturated heterocycles. The van der Waals surface area contributed by atoms with Gasteiger partial charge in [-0.1, -0.05) is 42.5 Å². The minimum absolute atomic E-state index is 0.290. The van der Waals surface area contributed by atoms with Gasteiger partial charge < -0.3 is 10.6 Å². The third kappa shape index (κ3) is 4.50. The van der Waals surface area contributed by atoms with E-state index in [1.807, 2.05) is 36.4 Å². The van der Waals surface area contributed by atoms with Gasteiger partial charge in [-0.2, -0.15) is 5.10 Å². The predicted molar refractivity (Wildman–Crippen MR) is 114 cm³/mol. The number of carbonyl (C=O) groups is 2. The number of anilines is 2. The van der Waals surface area contributed by atoms with Gasteiger partial charge in [0.25, 0.3) is 5.91 Å². The fourth-order valence-electron chi connectivity index (χ4n) is 3.23. The summed E-state index contributed by atoms with van der Waals surface area (Å²) in [5, 5.41) is 9.77. The summed E-state index contributed by atoms with van der Waals surface area (Å²) in [6, 6.07) is 23.6. The molecule has 144 valence electrons. The number of rotatable bonds is 4. The summed E-state index contributed by atoms with van der Waals surface area (Å²) in [6.07, 6.45) is 1.76. The first kappa shape index (κ1) is 18.4. The molecule has 0 atom stereocenters. The minimum Gasteiger partial charge on any atom is -0.308 e. The number of nitrogens with one attached hydrogen (secondary N) is 3. The number of hydrogen-bond acceptors (Lipinski definition) is 3. The van der Waals surface area contributed by atoms with E-state index in [2.05, 4.69) is 27.2 Å². The van der Waals surface area contributed by atoms with Crippen molar-refractivity contribution in [3.63, 3.8) is 0 Å². The molecule has 0 radical (unpaired) electrons. The summed E-state index contributed by atoms with van der Waals surface area (Å²) in [4.78, 5) is 24.4. The Morgan fingerprint density at radius 1 is 0.724 bits per heavy atom. The molecule has 0 saturated carbocycles. The number of para-hydroxylation sites is 1. The molecule has 3 amide bonds. The quantitative estimate of drug-likeness (QED) is 0.582. The van der Waals surface area contributed by atoms with Gasteiger partial charge in [0.2, 0.25) is 0 Å². The highest BCUT2D eigenvalue weighted by atomic mass is 16.2. The standard InChI is InChI=1S/C23H20N4O2/c28-22(27-26-21-15-12-16-6-4-5-9-20(16)21)17-10-13-19(14-11-17)25-23(29)24-18-7-2-1-3-8-18/h1-11,13-14H,12,15H2,(H,27,28)(H2,24,25,29)/b26-21+. The molecule has 6 nitrogen and oxygen atoms in total. The van der Waals surface area contributed by atoms with Crippen molar-refractivity contribution in [2.45, 2.75) is 12.8 Å². The number of hydrogen-bond donors (Lipinski definition) is 3. The highest BCUT2D eigenvalue weighted by Gasteiger charge is 2.17.